The molecule has 1 rings (SSSR count). The zero-order valence-electron chi connectivity index (χ0n) is 9.76. The Kier molecular flexibility index (Phi) is 8.97. The van der Waals surface area contributed by atoms with Gasteiger partial charge in [0.15, 0.2) is 0 Å². The summed E-state index contributed by atoms with van der Waals surface area (Å²) in [7, 11) is -4.94. The maximum absolute atomic E-state index is 8.49. The Labute approximate surface area is 111 Å². The van der Waals surface area contributed by atoms with Crippen molar-refractivity contribution in [2.24, 2.45) is 0 Å². The van der Waals surface area contributed by atoms with E-state index < -0.39 is 10.2 Å². The van der Waals surface area contributed by atoms with E-state index in [1.54, 1.807) is 0 Å². The molecule has 0 radical (unpaired) electrons. The number of nitrogens with zero attached hydrogens (tertiary/aromatic N) is 1. The predicted molar refractivity (Wildman–Crippen MR) is 57.8 cm³/mol. The van der Waals surface area contributed by atoms with Gasteiger partial charge in [-0.25, -0.2) is 23.2 Å². The van der Waals surface area contributed by atoms with Gasteiger partial charge in [0.1, 0.15) is 13.1 Å². The molecule has 1 aromatic heterocycles. The van der Waals surface area contributed by atoms with E-state index in [0.29, 0.717) is 0 Å². The first-order valence-electron chi connectivity index (χ1n) is 5.10. The molecule has 0 unspecified atom stereocenters. The van der Waals surface area contributed by atoms with Crippen LogP contribution in [0.2, 0.25) is 0 Å². The van der Waals surface area contributed by atoms with Crippen molar-refractivity contribution < 1.29 is 28.9 Å². The Morgan fingerprint density at radius 2 is 1.59 bits per heavy atom. The van der Waals surface area contributed by atoms with Gasteiger partial charge in [-0.2, -0.15) is 0 Å². The smallest absolute Gasteiger partial charge is 0.222 e. The Morgan fingerprint density at radius 3 is 1.94 bits per heavy atom. The molecule has 0 aliphatic rings. The summed E-state index contributed by atoms with van der Waals surface area (Å²) in [4.78, 5) is 0. The van der Waals surface area contributed by atoms with Crippen LogP contribution >= 0.6 is 22.7 Å². The molecule has 0 N–H and O–H groups in total. The second-order valence-corrected chi connectivity index (χ2v) is 5.89. The van der Waals surface area contributed by atoms with Gasteiger partial charge < -0.3 is 0 Å². The summed E-state index contributed by atoms with van der Waals surface area (Å²) in [5.74, 6) is 0. The molecule has 0 atom stereocenters. The Morgan fingerprint density at radius 1 is 1.12 bits per heavy atom. The molecular formula is C9H16ClNO4S2. The van der Waals surface area contributed by atoms with Crippen molar-refractivity contribution >= 4 is 22.7 Å². The van der Waals surface area contributed by atoms with Gasteiger partial charge in [0.2, 0.25) is 0 Å². The molecule has 0 fully saturated rings. The van der Waals surface area contributed by atoms with Crippen LogP contribution in [0.3, 0.4) is 0 Å². The number of hydrogen-bond donors (Lipinski definition) is 0. The number of unbranched alkanes of at least 4 members (excludes halogenated alkanes) is 1. The summed E-state index contributed by atoms with van der Waals surface area (Å²) in [6.45, 7) is 6.81. The van der Waals surface area contributed by atoms with Crippen LogP contribution in [0.5, 0.6) is 0 Å². The number of halogens is 1. The fourth-order valence-corrected chi connectivity index (χ4v) is 3.05. The minimum atomic E-state index is -4.94. The summed E-state index contributed by atoms with van der Waals surface area (Å²) in [5.41, 5.74) is 0. The fraction of sp³-hybridized carbons (Fsp3) is 0.667. The Hall–Kier alpha value is -0.0200. The molecule has 0 aliphatic heterocycles. The molecule has 0 spiro atoms. The van der Waals surface area contributed by atoms with Crippen LogP contribution in [0.4, 0.5) is 0 Å². The Bertz CT molecular complexity index is 336. The van der Waals surface area contributed by atoms with Gasteiger partial charge in [0.25, 0.3) is 0 Å². The lowest BCUT2D eigenvalue weighted by atomic mass is 10.3. The van der Waals surface area contributed by atoms with Crippen LogP contribution in [-0.4, -0.2) is 13.1 Å². The molecule has 0 aliphatic carbocycles. The lowest BCUT2D eigenvalue weighted by Crippen LogP contribution is -2.68. The van der Waals surface area contributed by atoms with Gasteiger partial charge in [-0.1, -0.05) is 36.0 Å². The molecule has 17 heavy (non-hydrogen) atoms. The van der Waals surface area contributed by atoms with E-state index in [4.69, 9.17) is 18.6 Å². The molecular weight excluding hydrogens is 286 g/mol. The van der Waals surface area contributed by atoms with E-state index in [1.165, 1.54) is 23.4 Å². The third-order valence-corrected chi connectivity index (χ3v) is 4.03. The van der Waals surface area contributed by atoms with E-state index in [-0.39, 0.29) is 0 Å². The van der Waals surface area contributed by atoms with Crippen molar-refractivity contribution in [2.75, 3.05) is 13.1 Å². The van der Waals surface area contributed by atoms with Gasteiger partial charge in [0, 0.05) is 17.2 Å². The van der Waals surface area contributed by atoms with E-state index in [0.717, 1.165) is 6.54 Å². The molecule has 0 saturated carbocycles. The molecule has 100 valence electrons. The minimum absolute atomic E-state index is 1.14. The van der Waals surface area contributed by atoms with Crippen molar-refractivity contribution in [3.8, 4) is 0 Å². The maximum Gasteiger partial charge on any atom is 0.313 e. The first-order valence-corrected chi connectivity index (χ1v) is 8.09. The summed E-state index contributed by atoms with van der Waals surface area (Å²) in [6.07, 6.45) is 2.59. The van der Waals surface area contributed by atoms with E-state index >= 15 is 0 Å². The van der Waals surface area contributed by atoms with Crippen LogP contribution in [0.1, 0.15) is 26.7 Å². The summed E-state index contributed by atoms with van der Waals surface area (Å²) in [5, 5.41) is 4.32. The van der Waals surface area contributed by atoms with Gasteiger partial charge in [0.05, 0.1) is 0 Å². The van der Waals surface area contributed by atoms with Crippen LogP contribution in [0.15, 0.2) is 10.8 Å². The van der Waals surface area contributed by atoms with Gasteiger partial charge in [-0.05, 0) is 6.92 Å². The molecule has 0 bridgehead atoms. The average molecular weight is 302 g/mol. The van der Waals surface area contributed by atoms with Crippen LogP contribution in [-0.2, 0) is 0 Å². The van der Waals surface area contributed by atoms with Crippen molar-refractivity contribution in [1.82, 2.24) is 4.58 Å². The summed E-state index contributed by atoms with van der Waals surface area (Å²) < 4.78 is 37.9. The number of hydrogen-bond acceptors (Lipinski definition) is 6. The predicted octanol–water partition coefficient (Wildman–Crippen LogP) is -2.35. The first kappa shape index (κ1) is 17.0. The lowest BCUT2D eigenvalue weighted by molar-refractivity contribution is -2.00. The quantitative estimate of drug-likeness (QED) is 0.582. The topological polar surface area (TPSA) is 95.2 Å². The molecule has 5 nitrogen and oxygen atoms in total. The van der Waals surface area contributed by atoms with Crippen molar-refractivity contribution in [3.05, 3.63) is 14.7 Å². The second-order valence-electron chi connectivity index (χ2n) is 3.08. The van der Waals surface area contributed by atoms with Gasteiger partial charge in [-0.15, -0.1) is 10.2 Å². The van der Waals surface area contributed by atoms with E-state index in [9.17, 15) is 0 Å². The number of rotatable bonds is 4. The molecule has 8 heteroatoms. The highest BCUT2D eigenvalue weighted by Gasteiger charge is 2.02. The lowest BCUT2D eigenvalue weighted by Gasteiger charge is -2.17. The van der Waals surface area contributed by atoms with E-state index in [1.807, 2.05) is 22.7 Å². The summed E-state index contributed by atoms with van der Waals surface area (Å²) >= 11 is 3.70. The monoisotopic (exact) mass is 301 g/mol. The minimum Gasteiger partial charge on any atom is -0.222 e. The first-order chi connectivity index (χ1) is 7.88. The van der Waals surface area contributed by atoms with Crippen LogP contribution in [0, 0.1) is 10.2 Å². The van der Waals surface area contributed by atoms with Crippen molar-refractivity contribution in [3.63, 3.8) is 0 Å². The average Bonchev–Trinajstić information content (AvgIpc) is 2.70. The molecule has 0 amide bonds. The van der Waals surface area contributed by atoms with Crippen LogP contribution < -0.4 is 27.2 Å². The molecule has 1 aromatic rings. The molecule has 0 aromatic carbocycles. The highest BCUT2D eigenvalue weighted by molar-refractivity contribution is 7.24. The molecule has 0 saturated heterocycles. The normalized spacial score (nSPS) is 10.7. The van der Waals surface area contributed by atoms with E-state index in [2.05, 4.69) is 29.2 Å². The maximum atomic E-state index is 8.49. The highest BCUT2D eigenvalue weighted by Crippen LogP contribution is 1.94. The second kappa shape index (κ2) is 8.98. The van der Waals surface area contributed by atoms with Crippen molar-refractivity contribution in [1.29, 1.82) is 0 Å². The van der Waals surface area contributed by atoms with Gasteiger partial charge in [-0.3, -0.25) is 0 Å². The van der Waals surface area contributed by atoms with Crippen molar-refractivity contribution in [2.45, 2.75) is 26.7 Å². The Balaban J connectivity index is 0.000000437. The largest absolute Gasteiger partial charge is 0.313 e. The highest BCUT2D eigenvalue weighted by atomic mass is 35.7. The van der Waals surface area contributed by atoms with Gasteiger partial charge >= 0.3 is 3.98 Å². The third kappa shape index (κ3) is 10.8. The standard InChI is InChI=1S/C9H16NS2.ClHO4/c1-3-5-6-10(4-2)9-11-7-8-12-9;2-1(3,4)5/h7-8H,3-6H2,1-2H3;(H,2,3,4,5)/q+1;/p-1. The molecule has 1 heterocycles. The fourth-order valence-electron chi connectivity index (χ4n) is 1.08. The third-order valence-electron chi connectivity index (χ3n) is 1.81. The summed E-state index contributed by atoms with van der Waals surface area (Å²) in [6, 6.07) is 0. The zero-order valence-corrected chi connectivity index (χ0v) is 12.1. The zero-order chi connectivity index (χ0) is 13.3. The SMILES string of the molecule is CCCC[N+](CC)=c1sccs1.[O-][Cl+3]([O-])([O-])[O-]. The van der Waals surface area contributed by atoms with Crippen LogP contribution in [0.25, 0.3) is 0 Å².